The fraction of sp³-hybridized carbons (Fsp3) is 0.278. The fourth-order valence-electron chi connectivity index (χ4n) is 2.42. The van der Waals surface area contributed by atoms with Gasteiger partial charge in [0.15, 0.2) is 4.90 Å². The number of anilines is 1. The van der Waals surface area contributed by atoms with E-state index in [1.165, 1.54) is 0 Å². The Labute approximate surface area is 154 Å². The lowest BCUT2D eigenvalue weighted by Crippen LogP contribution is -2.20. The average molecular weight is 380 g/mol. The van der Waals surface area contributed by atoms with E-state index in [4.69, 9.17) is 21.1 Å². The molecule has 3 rings (SSSR count). The van der Waals surface area contributed by atoms with E-state index in [9.17, 15) is 9.35 Å². The molecule has 1 amide bonds. The van der Waals surface area contributed by atoms with Crippen LogP contribution in [0.4, 0.5) is 10.5 Å². The number of carbonyl (C=O) groups excluding carboxylic acids is 1. The Hall–Kier alpha value is -1.89. The highest BCUT2D eigenvalue weighted by Crippen LogP contribution is 2.26. The molecule has 7 heteroatoms. The van der Waals surface area contributed by atoms with Crippen LogP contribution in [0.15, 0.2) is 47.4 Å². The Morgan fingerprint density at radius 2 is 2.00 bits per heavy atom. The Kier molecular flexibility index (Phi) is 6.07. The van der Waals surface area contributed by atoms with Crippen LogP contribution in [0.3, 0.4) is 0 Å². The number of cyclic esters (lactones) is 1. The molecule has 1 N–H and O–H groups in total. The number of nitrogens with one attached hydrogen (secondary N) is 1. The van der Waals surface area contributed by atoms with Crippen molar-refractivity contribution in [1.29, 1.82) is 0 Å². The van der Waals surface area contributed by atoms with Crippen LogP contribution < -0.4 is 10.1 Å². The van der Waals surface area contributed by atoms with Gasteiger partial charge in [-0.3, -0.25) is 5.32 Å². The van der Waals surface area contributed by atoms with Gasteiger partial charge in [0.2, 0.25) is 0 Å². The number of benzene rings is 2. The molecule has 0 aliphatic carbocycles. The van der Waals surface area contributed by atoms with E-state index in [1.807, 2.05) is 12.1 Å². The van der Waals surface area contributed by atoms with Gasteiger partial charge in [0.05, 0.1) is 12.3 Å². The van der Waals surface area contributed by atoms with Crippen LogP contribution in [0.1, 0.15) is 18.4 Å². The zero-order chi connectivity index (χ0) is 17.6. The quantitative estimate of drug-likeness (QED) is 0.572. The van der Waals surface area contributed by atoms with Crippen molar-refractivity contribution in [3.63, 3.8) is 0 Å². The molecule has 0 fully saturated rings. The number of fused-ring (bicyclic) bond motifs is 1. The molecule has 1 atom stereocenters. The Morgan fingerprint density at radius 1 is 1.20 bits per heavy atom. The Bertz CT molecular complexity index is 738. The van der Waals surface area contributed by atoms with Gasteiger partial charge in [-0.1, -0.05) is 11.6 Å². The van der Waals surface area contributed by atoms with Crippen molar-refractivity contribution in [2.75, 3.05) is 17.7 Å². The Morgan fingerprint density at radius 3 is 2.80 bits per heavy atom. The number of amides is 1. The summed E-state index contributed by atoms with van der Waals surface area (Å²) < 4.78 is 22.8. The summed E-state index contributed by atoms with van der Waals surface area (Å²) in [6, 6.07) is 12.6. The smallest absolute Gasteiger partial charge is 0.411 e. The number of halogens is 1. The molecule has 0 bridgehead atoms. The molecule has 1 unspecified atom stereocenters. The second-order valence-electron chi connectivity index (χ2n) is 5.58. The molecule has 0 radical (unpaired) electrons. The largest absolute Gasteiger partial charge is 0.611 e. The predicted molar refractivity (Wildman–Crippen MR) is 97.7 cm³/mol. The highest BCUT2D eigenvalue weighted by atomic mass is 35.5. The molecule has 5 nitrogen and oxygen atoms in total. The van der Waals surface area contributed by atoms with Gasteiger partial charge < -0.3 is 14.0 Å². The summed E-state index contributed by atoms with van der Waals surface area (Å²) in [5.41, 5.74) is 1.64. The molecule has 0 spiro atoms. The lowest BCUT2D eigenvalue weighted by Gasteiger charge is -2.18. The van der Waals surface area contributed by atoms with Gasteiger partial charge >= 0.3 is 6.09 Å². The van der Waals surface area contributed by atoms with E-state index in [2.05, 4.69) is 5.32 Å². The second-order valence-corrected chi connectivity index (χ2v) is 7.59. The second kappa shape index (κ2) is 8.47. The van der Waals surface area contributed by atoms with Crippen molar-refractivity contribution < 1.29 is 18.8 Å². The van der Waals surface area contributed by atoms with Gasteiger partial charge in [0, 0.05) is 10.6 Å². The van der Waals surface area contributed by atoms with Gasteiger partial charge in [-0.15, -0.1) is 0 Å². The summed E-state index contributed by atoms with van der Waals surface area (Å²) in [6.07, 6.45) is 1.18. The van der Waals surface area contributed by atoms with E-state index in [1.54, 1.807) is 30.3 Å². The summed E-state index contributed by atoms with van der Waals surface area (Å²) in [4.78, 5) is 11.9. The number of unbranched alkanes of at least 4 members (excludes halogenated alkanes) is 1. The van der Waals surface area contributed by atoms with E-state index in [0.29, 0.717) is 17.4 Å². The molecule has 1 heterocycles. The first-order valence-electron chi connectivity index (χ1n) is 7.95. The van der Waals surface area contributed by atoms with E-state index >= 15 is 0 Å². The third-order valence-corrected chi connectivity index (χ3v) is 5.45. The van der Waals surface area contributed by atoms with Crippen LogP contribution in [0, 0.1) is 0 Å². The minimum Gasteiger partial charge on any atom is -0.611 e. The summed E-state index contributed by atoms with van der Waals surface area (Å²) in [5, 5.41) is 3.28. The minimum absolute atomic E-state index is 0.248. The first-order valence-corrected chi connectivity index (χ1v) is 9.65. The molecule has 132 valence electrons. The maximum absolute atomic E-state index is 12.2. The number of ether oxygens (including phenoxy) is 2. The topological polar surface area (TPSA) is 70.6 Å². The van der Waals surface area contributed by atoms with Gasteiger partial charge in [0.25, 0.3) is 0 Å². The molecule has 1 aliphatic rings. The number of hydrogen-bond acceptors (Lipinski definition) is 4. The van der Waals surface area contributed by atoms with Crippen LogP contribution in [0.5, 0.6) is 5.75 Å². The zero-order valence-electron chi connectivity index (χ0n) is 13.5. The molecule has 0 saturated heterocycles. The van der Waals surface area contributed by atoms with E-state index < -0.39 is 17.3 Å². The third kappa shape index (κ3) is 5.04. The normalized spacial score (nSPS) is 14.2. The lowest BCUT2D eigenvalue weighted by atomic mass is 10.1. The first kappa shape index (κ1) is 17.9. The van der Waals surface area contributed by atoms with Crippen molar-refractivity contribution >= 4 is 34.6 Å². The standard InChI is InChI=1S/C18H18ClNO4S/c19-14-3-6-16(7-4-14)25(22)10-2-1-9-23-15-5-8-17-13(11-15)12-24-18(21)20-17/h3-8,11H,1-2,9-10,12H2,(H,20,21). The van der Waals surface area contributed by atoms with E-state index in [0.717, 1.165) is 34.7 Å². The van der Waals surface area contributed by atoms with Crippen LogP contribution in [0.2, 0.25) is 5.02 Å². The summed E-state index contributed by atoms with van der Waals surface area (Å²) in [6.45, 7) is 0.794. The van der Waals surface area contributed by atoms with Crippen molar-refractivity contribution in [2.24, 2.45) is 0 Å². The molecule has 0 aromatic heterocycles. The maximum Gasteiger partial charge on any atom is 0.411 e. The van der Waals surface area contributed by atoms with Crippen molar-refractivity contribution in [2.45, 2.75) is 24.3 Å². The van der Waals surface area contributed by atoms with Gasteiger partial charge in [0.1, 0.15) is 18.1 Å². The molecule has 25 heavy (non-hydrogen) atoms. The Balaban J connectivity index is 1.40. The minimum atomic E-state index is -1.02. The zero-order valence-corrected chi connectivity index (χ0v) is 15.1. The number of rotatable bonds is 7. The summed E-state index contributed by atoms with van der Waals surface area (Å²) in [5.74, 6) is 1.33. The van der Waals surface area contributed by atoms with Crippen LogP contribution in [0.25, 0.3) is 0 Å². The van der Waals surface area contributed by atoms with Crippen LogP contribution in [-0.2, 0) is 22.5 Å². The van der Waals surface area contributed by atoms with E-state index in [-0.39, 0.29) is 6.61 Å². The van der Waals surface area contributed by atoms with Crippen LogP contribution in [-0.4, -0.2) is 23.0 Å². The van der Waals surface area contributed by atoms with Crippen molar-refractivity contribution in [3.8, 4) is 5.75 Å². The molecule has 1 aliphatic heterocycles. The van der Waals surface area contributed by atoms with Gasteiger partial charge in [-0.25, -0.2) is 4.79 Å². The number of carbonyl (C=O) groups is 1. The molecule has 2 aromatic carbocycles. The van der Waals surface area contributed by atoms with Crippen molar-refractivity contribution in [1.82, 2.24) is 0 Å². The van der Waals surface area contributed by atoms with Crippen molar-refractivity contribution in [3.05, 3.63) is 53.1 Å². The predicted octanol–water partition coefficient (Wildman–Crippen LogP) is 4.37. The molecule has 0 saturated carbocycles. The molecular weight excluding hydrogens is 362 g/mol. The van der Waals surface area contributed by atoms with Gasteiger partial charge in [-0.05, 0) is 66.5 Å². The molecule has 2 aromatic rings. The van der Waals surface area contributed by atoms with Gasteiger partial charge in [-0.2, -0.15) is 0 Å². The summed E-state index contributed by atoms with van der Waals surface area (Å²) in [7, 11) is 0. The average Bonchev–Trinajstić information content (AvgIpc) is 2.62. The SMILES string of the molecule is O=C1Nc2ccc(OCCCC[S+]([O-])c3ccc(Cl)cc3)cc2CO1. The summed E-state index contributed by atoms with van der Waals surface area (Å²) >= 11 is 4.81. The monoisotopic (exact) mass is 379 g/mol. The fourth-order valence-corrected chi connectivity index (χ4v) is 3.69. The lowest BCUT2D eigenvalue weighted by molar-refractivity contribution is 0.151. The highest BCUT2D eigenvalue weighted by Gasteiger charge is 2.16. The third-order valence-electron chi connectivity index (χ3n) is 3.74. The maximum atomic E-state index is 12.2. The first-order chi connectivity index (χ1) is 12.1. The van der Waals surface area contributed by atoms with Crippen LogP contribution >= 0.6 is 11.6 Å². The highest BCUT2D eigenvalue weighted by molar-refractivity contribution is 7.91. The molecular formula is C18H18ClNO4S. The number of hydrogen-bond donors (Lipinski definition) is 1.